The third-order valence-corrected chi connectivity index (χ3v) is 2.96. The summed E-state index contributed by atoms with van der Waals surface area (Å²) in [5.74, 6) is -0.870. The lowest BCUT2D eigenvalue weighted by Gasteiger charge is -2.15. The Morgan fingerprint density at radius 2 is 2.00 bits per heavy atom. The Balaban J connectivity index is 2.50. The molecule has 2 amide bonds. The number of ether oxygens (including phenoxy) is 1. The molecule has 1 heterocycles. The zero-order valence-electron chi connectivity index (χ0n) is 10.4. The van der Waals surface area contributed by atoms with Crippen LogP contribution in [-0.4, -0.2) is 49.4 Å². The lowest BCUT2D eigenvalue weighted by atomic mass is 9.99. The van der Waals surface area contributed by atoms with Gasteiger partial charge in [-0.25, -0.2) is 0 Å². The zero-order valence-corrected chi connectivity index (χ0v) is 10.4. The van der Waals surface area contributed by atoms with Crippen LogP contribution in [0.1, 0.15) is 13.8 Å². The Bertz CT molecular complexity index is 329. The molecule has 0 saturated carbocycles. The van der Waals surface area contributed by atoms with E-state index in [-0.39, 0.29) is 36.2 Å². The van der Waals surface area contributed by atoms with Crippen molar-refractivity contribution in [2.24, 2.45) is 11.8 Å². The lowest BCUT2D eigenvalue weighted by Crippen LogP contribution is -2.38. The molecule has 0 bridgehead atoms. The number of carbonyl (C=O) groups excluding carboxylic acids is 3. The second-order valence-electron chi connectivity index (χ2n) is 4.32. The Kier molecular flexibility index (Phi) is 4.48. The van der Waals surface area contributed by atoms with Gasteiger partial charge >= 0.3 is 5.97 Å². The molecule has 6 nitrogen and oxygen atoms in total. The molecule has 17 heavy (non-hydrogen) atoms. The summed E-state index contributed by atoms with van der Waals surface area (Å²) in [5, 5.41) is 2.45. The molecule has 6 heteroatoms. The van der Waals surface area contributed by atoms with Crippen molar-refractivity contribution in [2.45, 2.75) is 13.8 Å². The van der Waals surface area contributed by atoms with Crippen LogP contribution in [0.5, 0.6) is 0 Å². The molecule has 1 fully saturated rings. The summed E-state index contributed by atoms with van der Waals surface area (Å²) in [6.07, 6.45) is 0. The van der Waals surface area contributed by atoms with E-state index >= 15 is 0 Å². The number of rotatable bonds is 3. The molecule has 0 radical (unpaired) electrons. The Hall–Kier alpha value is -1.59. The minimum atomic E-state index is -0.285. The van der Waals surface area contributed by atoms with Gasteiger partial charge in [-0.15, -0.1) is 0 Å². The highest BCUT2D eigenvalue weighted by atomic mass is 16.5. The summed E-state index contributed by atoms with van der Waals surface area (Å²) in [5.41, 5.74) is 0. The SMILES string of the molecule is COC(=O)C1CN(C(=O)CNC(C)=O)CC1C. The van der Waals surface area contributed by atoms with Crippen molar-refractivity contribution < 1.29 is 19.1 Å². The normalized spacial score (nSPS) is 23.4. The second-order valence-corrected chi connectivity index (χ2v) is 4.32. The van der Waals surface area contributed by atoms with E-state index < -0.39 is 0 Å². The third kappa shape index (κ3) is 3.44. The van der Waals surface area contributed by atoms with Gasteiger partial charge in [-0.1, -0.05) is 6.92 Å². The monoisotopic (exact) mass is 242 g/mol. The van der Waals surface area contributed by atoms with E-state index in [1.807, 2.05) is 6.92 Å². The molecular formula is C11H18N2O4. The van der Waals surface area contributed by atoms with Crippen molar-refractivity contribution in [3.05, 3.63) is 0 Å². The first kappa shape index (κ1) is 13.5. The van der Waals surface area contributed by atoms with Crippen LogP contribution in [0.4, 0.5) is 0 Å². The molecule has 0 spiro atoms. The van der Waals surface area contributed by atoms with Crippen molar-refractivity contribution in [1.29, 1.82) is 0 Å². The molecule has 0 aliphatic carbocycles. The van der Waals surface area contributed by atoms with E-state index in [0.717, 1.165) is 0 Å². The van der Waals surface area contributed by atoms with E-state index in [1.54, 1.807) is 4.90 Å². The summed E-state index contributed by atoms with van der Waals surface area (Å²) >= 11 is 0. The van der Waals surface area contributed by atoms with E-state index in [9.17, 15) is 14.4 Å². The molecule has 1 rings (SSSR count). The van der Waals surface area contributed by atoms with Gasteiger partial charge in [-0.2, -0.15) is 0 Å². The molecule has 2 atom stereocenters. The van der Waals surface area contributed by atoms with Crippen molar-refractivity contribution in [1.82, 2.24) is 10.2 Å². The smallest absolute Gasteiger partial charge is 0.310 e. The fraction of sp³-hybridized carbons (Fsp3) is 0.727. The molecular weight excluding hydrogens is 224 g/mol. The van der Waals surface area contributed by atoms with Crippen LogP contribution < -0.4 is 5.32 Å². The van der Waals surface area contributed by atoms with Gasteiger partial charge in [0.15, 0.2) is 0 Å². The van der Waals surface area contributed by atoms with Crippen LogP contribution >= 0.6 is 0 Å². The molecule has 0 aromatic carbocycles. The van der Waals surface area contributed by atoms with Crippen molar-refractivity contribution in [3.63, 3.8) is 0 Å². The second kappa shape index (κ2) is 5.65. The van der Waals surface area contributed by atoms with Crippen LogP contribution in [0, 0.1) is 11.8 Å². The van der Waals surface area contributed by atoms with Gasteiger partial charge in [0.25, 0.3) is 0 Å². The largest absolute Gasteiger partial charge is 0.469 e. The van der Waals surface area contributed by atoms with Gasteiger partial charge in [0, 0.05) is 20.0 Å². The summed E-state index contributed by atoms with van der Waals surface area (Å²) in [6, 6.07) is 0. The van der Waals surface area contributed by atoms with Crippen LogP contribution in [0.3, 0.4) is 0 Å². The quantitative estimate of drug-likeness (QED) is 0.670. The maximum atomic E-state index is 11.7. The number of esters is 1. The van der Waals surface area contributed by atoms with E-state index in [4.69, 9.17) is 0 Å². The molecule has 1 N–H and O–H groups in total. The number of hydrogen-bond donors (Lipinski definition) is 1. The summed E-state index contributed by atoms with van der Waals surface area (Å²) in [4.78, 5) is 35.4. The van der Waals surface area contributed by atoms with Crippen molar-refractivity contribution >= 4 is 17.8 Å². The lowest BCUT2D eigenvalue weighted by molar-refractivity contribution is -0.146. The fourth-order valence-corrected chi connectivity index (χ4v) is 1.94. The standard InChI is InChI=1S/C11H18N2O4/c1-7-5-13(6-9(7)11(16)17-3)10(15)4-12-8(2)14/h7,9H,4-6H2,1-3H3,(H,12,14). The van der Waals surface area contributed by atoms with Crippen LogP contribution in [0.15, 0.2) is 0 Å². The number of nitrogens with one attached hydrogen (secondary N) is 1. The third-order valence-electron chi connectivity index (χ3n) is 2.96. The van der Waals surface area contributed by atoms with E-state index in [0.29, 0.717) is 13.1 Å². The minimum absolute atomic E-state index is 0.0179. The van der Waals surface area contributed by atoms with Crippen LogP contribution in [0.25, 0.3) is 0 Å². The molecule has 2 unspecified atom stereocenters. The van der Waals surface area contributed by atoms with Crippen molar-refractivity contribution in [3.8, 4) is 0 Å². The molecule has 96 valence electrons. The highest BCUT2D eigenvalue weighted by molar-refractivity contribution is 5.84. The summed E-state index contributed by atoms with van der Waals surface area (Å²) in [6.45, 7) is 4.14. The molecule has 0 aromatic heterocycles. The number of amides is 2. The molecule has 1 aliphatic heterocycles. The molecule has 1 saturated heterocycles. The Labute approximate surface area is 100 Å². The van der Waals surface area contributed by atoms with E-state index in [2.05, 4.69) is 10.1 Å². The number of hydrogen-bond acceptors (Lipinski definition) is 4. The van der Waals surface area contributed by atoms with Gasteiger partial charge in [-0.3, -0.25) is 14.4 Å². The maximum Gasteiger partial charge on any atom is 0.310 e. The molecule has 1 aliphatic rings. The first-order chi connectivity index (χ1) is 7.95. The van der Waals surface area contributed by atoms with Crippen molar-refractivity contribution in [2.75, 3.05) is 26.7 Å². The van der Waals surface area contributed by atoms with Gasteiger partial charge in [0.05, 0.1) is 19.6 Å². The van der Waals surface area contributed by atoms with Gasteiger partial charge in [-0.05, 0) is 5.92 Å². The predicted octanol–water partition coefficient (Wildman–Crippen LogP) is -0.610. The van der Waals surface area contributed by atoms with Gasteiger partial charge in [0.2, 0.25) is 11.8 Å². The van der Waals surface area contributed by atoms with E-state index in [1.165, 1.54) is 14.0 Å². The first-order valence-electron chi connectivity index (χ1n) is 5.55. The average molecular weight is 242 g/mol. The number of nitrogens with zero attached hydrogens (tertiary/aromatic N) is 1. The number of carbonyl (C=O) groups is 3. The fourth-order valence-electron chi connectivity index (χ4n) is 1.94. The zero-order chi connectivity index (χ0) is 13.0. The van der Waals surface area contributed by atoms with Gasteiger partial charge in [0.1, 0.15) is 0 Å². The predicted molar refractivity (Wildman–Crippen MR) is 59.9 cm³/mol. The highest BCUT2D eigenvalue weighted by Crippen LogP contribution is 2.23. The minimum Gasteiger partial charge on any atom is -0.469 e. The Morgan fingerprint density at radius 1 is 1.35 bits per heavy atom. The van der Waals surface area contributed by atoms with Crippen LogP contribution in [0.2, 0.25) is 0 Å². The summed E-state index contributed by atoms with van der Waals surface area (Å²) < 4.78 is 4.68. The highest BCUT2D eigenvalue weighted by Gasteiger charge is 2.37. The number of methoxy groups -OCH3 is 1. The average Bonchev–Trinajstić information content (AvgIpc) is 2.67. The Morgan fingerprint density at radius 3 is 2.53 bits per heavy atom. The molecule has 0 aromatic rings. The first-order valence-corrected chi connectivity index (χ1v) is 5.55. The number of likely N-dealkylation sites (tertiary alicyclic amines) is 1. The van der Waals surface area contributed by atoms with Gasteiger partial charge < -0.3 is 15.0 Å². The summed E-state index contributed by atoms with van der Waals surface area (Å²) in [7, 11) is 1.34. The van der Waals surface area contributed by atoms with Crippen LogP contribution in [-0.2, 0) is 19.1 Å². The topological polar surface area (TPSA) is 75.7 Å². The maximum absolute atomic E-state index is 11.7.